The van der Waals surface area contributed by atoms with Crippen molar-refractivity contribution in [3.8, 4) is 0 Å². The molecule has 1 saturated heterocycles. The zero-order valence-corrected chi connectivity index (χ0v) is 12.3. The van der Waals surface area contributed by atoms with E-state index in [1.807, 2.05) is 0 Å². The molecule has 116 valence electrons. The van der Waals surface area contributed by atoms with Crippen molar-refractivity contribution in [3.63, 3.8) is 0 Å². The number of halogens is 1. The summed E-state index contributed by atoms with van der Waals surface area (Å²) in [6, 6.07) is 4.29. The first-order chi connectivity index (χ1) is 10.1. The van der Waals surface area contributed by atoms with E-state index in [9.17, 15) is 14.5 Å². The highest BCUT2D eigenvalue weighted by Crippen LogP contribution is 2.18. The van der Waals surface area contributed by atoms with Crippen molar-refractivity contribution in [2.24, 2.45) is 0 Å². The highest BCUT2D eigenvalue weighted by Gasteiger charge is 2.18. The fourth-order valence-corrected chi connectivity index (χ4v) is 2.86. The molecule has 2 rings (SSSR count). The van der Waals surface area contributed by atoms with Gasteiger partial charge in [-0.05, 0) is 44.0 Å². The molecule has 1 atom stereocenters. The van der Waals surface area contributed by atoms with Gasteiger partial charge in [0.1, 0.15) is 5.82 Å². The number of non-ortho nitro benzene ring substituents is 1. The lowest BCUT2D eigenvalue weighted by Gasteiger charge is -2.25. The highest BCUT2D eigenvalue weighted by molar-refractivity contribution is 5.35. The molecule has 5 nitrogen and oxygen atoms in total. The second kappa shape index (κ2) is 7.47. The number of nitro groups is 1. The molecule has 0 amide bonds. The smallest absolute Gasteiger partial charge is 0.272 e. The first-order valence-corrected chi connectivity index (χ1v) is 7.48. The van der Waals surface area contributed by atoms with Crippen LogP contribution in [0.25, 0.3) is 0 Å². The molecule has 0 radical (unpaired) electrons. The second-order valence-corrected chi connectivity index (χ2v) is 5.60. The summed E-state index contributed by atoms with van der Waals surface area (Å²) in [4.78, 5) is 12.5. The minimum absolute atomic E-state index is 0.180. The van der Waals surface area contributed by atoms with Gasteiger partial charge >= 0.3 is 0 Å². The molecule has 0 saturated carbocycles. The SMILES string of the molecule is CCCN(Cc1cc(F)cc([N+](=O)[O-])c1)CC1CCCN1. The van der Waals surface area contributed by atoms with E-state index < -0.39 is 10.7 Å². The van der Waals surface area contributed by atoms with E-state index in [1.165, 1.54) is 18.6 Å². The fourth-order valence-electron chi connectivity index (χ4n) is 2.86. The lowest BCUT2D eigenvalue weighted by molar-refractivity contribution is -0.385. The molecule has 0 spiro atoms. The van der Waals surface area contributed by atoms with Crippen LogP contribution in [0.2, 0.25) is 0 Å². The molecule has 1 aliphatic heterocycles. The Labute approximate surface area is 124 Å². The topological polar surface area (TPSA) is 58.4 Å². The van der Waals surface area contributed by atoms with E-state index >= 15 is 0 Å². The molecule has 1 N–H and O–H groups in total. The van der Waals surface area contributed by atoms with Gasteiger partial charge in [0.2, 0.25) is 0 Å². The van der Waals surface area contributed by atoms with Gasteiger partial charge in [-0.1, -0.05) is 6.92 Å². The zero-order valence-electron chi connectivity index (χ0n) is 12.3. The van der Waals surface area contributed by atoms with E-state index in [1.54, 1.807) is 0 Å². The van der Waals surface area contributed by atoms with Crippen molar-refractivity contribution >= 4 is 5.69 Å². The van der Waals surface area contributed by atoms with E-state index in [-0.39, 0.29) is 5.69 Å². The number of nitro benzene ring substituents is 1. The van der Waals surface area contributed by atoms with Gasteiger partial charge in [-0.15, -0.1) is 0 Å². The molecule has 0 bridgehead atoms. The predicted molar refractivity (Wildman–Crippen MR) is 79.6 cm³/mol. The average molecular weight is 295 g/mol. The number of benzene rings is 1. The summed E-state index contributed by atoms with van der Waals surface area (Å²) in [6.07, 6.45) is 3.35. The molecular formula is C15H22FN3O2. The van der Waals surface area contributed by atoms with Crippen LogP contribution < -0.4 is 5.32 Å². The summed E-state index contributed by atoms with van der Waals surface area (Å²) in [5, 5.41) is 14.3. The van der Waals surface area contributed by atoms with Crippen LogP contribution in [-0.4, -0.2) is 35.5 Å². The third-order valence-corrected chi connectivity index (χ3v) is 3.74. The minimum Gasteiger partial charge on any atom is -0.313 e. The third kappa shape index (κ3) is 4.75. The van der Waals surface area contributed by atoms with Crippen molar-refractivity contribution < 1.29 is 9.31 Å². The van der Waals surface area contributed by atoms with Crippen molar-refractivity contribution in [1.29, 1.82) is 0 Å². The number of nitrogens with one attached hydrogen (secondary N) is 1. The van der Waals surface area contributed by atoms with Gasteiger partial charge in [0.05, 0.1) is 11.0 Å². The first kappa shape index (κ1) is 15.9. The van der Waals surface area contributed by atoms with Gasteiger partial charge in [-0.3, -0.25) is 15.0 Å². The lowest BCUT2D eigenvalue weighted by Crippen LogP contribution is -2.37. The molecule has 0 aromatic heterocycles. The molecule has 1 aliphatic rings. The fraction of sp³-hybridized carbons (Fsp3) is 0.600. The molecule has 1 unspecified atom stereocenters. The van der Waals surface area contributed by atoms with Crippen molar-refractivity contribution in [1.82, 2.24) is 10.2 Å². The van der Waals surface area contributed by atoms with E-state index in [2.05, 4.69) is 17.1 Å². The Morgan fingerprint density at radius 1 is 1.48 bits per heavy atom. The van der Waals surface area contributed by atoms with E-state index in [0.29, 0.717) is 18.2 Å². The Balaban J connectivity index is 2.06. The molecule has 1 fully saturated rings. The Morgan fingerprint density at radius 3 is 2.90 bits per heavy atom. The standard InChI is InChI=1S/C15H22FN3O2/c1-2-6-18(11-14-4-3-5-17-14)10-12-7-13(16)9-15(8-12)19(20)21/h7-9,14,17H,2-6,10-11H2,1H3. The summed E-state index contributed by atoms with van der Waals surface area (Å²) < 4.78 is 13.5. The largest absolute Gasteiger partial charge is 0.313 e. The van der Waals surface area contributed by atoms with Crippen LogP contribution in [0.3, 0.4) is 0 Å². The highest BCUT2D eigenvalue weighted by atomic mass is 19.1. The van der Waals surface area contributed by atoms with Gasteiger partial charge in [0.25, 0.3) is 5.69 Å². The molecular weight excluding hydrogens is 273 g/mol. The summed E-state index contributed by atoms with van der Waals surface area (Å²) in [7, 11) is 0. The van der Waals surface area contributed by atoms with Crippen molar-refractivity contribution in [3.05, 3.63) is 39.7 Å². The molecule has 1 heterocycles. The molecule has 21 heavy (non-hydrogen) atoms. The Bertz CT molecular complexity index is 490. The summed E-state index contributed by atoms with van der Waals surface area (Å²) >= 11 is 0. The van der Waals surface area contributed by atoms with Crippen LogP contribution in [0.5, 0.6) is 0 Å². The van der Waals surface area contributed by atoms with Crippen LogP contribution in [0, 0.1) is 15.9 Å². The Kier molecular flexibility index (Phi) is 5.64. The van der Waals surface area contributed by atoms with Gasteiger partial charge in [-0.2, -0.15) is 0 Å². The summed E-state index contributed by atoms with van der Waals surface area (Å²) in [5.41, 5.74) is 0.480. The average Bonchev–Trinajstić information content (AvgIpc) is 2.91. The lowest BCUT2D eigenvalue weighted by atomic mass is 10.1. The molecule has 1 aromatic rings. The maximum absolute atomic E-state index is 13.5. The number of hydrogen-bond acceptors (Lipinski definition) is 4. The second-order valence-electron chi connectivity index (χ2n) is 5.60. The van der Waals surface area contributed by atoms with Gasteiger partial charge < -0.3 is 5.32 Å². The Hall–Kier alpha value is -1.53. The monoisotopic (exact) mass is 295 g/mol. The summed E-state index contributed by atoms with van der Waals surface area (Å²) in [5.74, 6) is -0.547. The number of hydrogen-bond donors (Lipinski definition) is 1. The van der Waals surface area contributed by atoms with Crippen LogP contribution in [0.4, 0.5) is 10.1 Å². The van der Waals surface area contributed by atoms with Crippen molar-refractivity contribution in [2.45, 2.75) is 38.8 Å². The number of rotatable bonds is 7. The van der Waals surface area contributed by atoms with Gasteiger partial charge in [0.15, 0.2) is 0 Å². The predicted octanol–water partition coefficient (Wildman–Crippen LogP) is 2.70. The first-order valence-electron chi connectivity index (χ1n) is 7.48. The van der Waals surface area contributed by atoms with Crippen LogP contribution in [-0.2, 0) is 6.54 Å². The van der Waals surface area contributed by atoms with E-state index in [4.69, 9.17) is 0 Å². The van der Waals surface area contributed by atoms with Crippen LogP contribution >= 0.6 is 0 Å². The third-order valence-electron chi connectivity index (χ3n) is 3.74. The van der Waals surface area contributed by atoms with Crippen LogP contribution in [0.1, 0.15) is 31.7 Å². The minimum atomic E-state index is -0.547. The Morgan fingerprint density at radius 2 is 2.29 bits per heavy atom. The normalized spacial score (nSPS) is 18.3. The maximum Gasteiger partial charge on any atom is 0.272 e. The van der Waals surface area contributed by atoms with Gasteiger partial charge in [-0.25, -0.2) is 4.39 Å². The quantitative estimate of drug-likeness (QED) is 0.620. The van der Waals surface area contributed by atoms with E-state index in [0.717, 1.165) is 38.5 Å². The zero-order chi connectivity index (χ0) is 15.2. The van der Waals surface area contributed by atoms with Crippen molar-refractivity contribution in [2.75, 3.05) is 19.6 Å². The molecule has 6 heteroatoms. The van der Waals surface area contributed by atoms with Gasteiger partial charge in [0, 0.05) is 25.2 Å². The number of nitrogens with zero attached hydrogens (tertiary/aromatic N) is 2. The van der Waals surface area contributed by atoms with Crippen LogP contribution in [0.15, 0.2) is 18.2 Å². The molecule has 1 aromatic carbocycles. The molecule has 0 aliphatic carbocycles. The maximum atomic E-state index is 13.5. The summed E-state index contributed by atoms with van der Waals surface area (Å²) in [6.45, 7) is 5.50.